The lowest BCUT2D eigenvalue weighted by Gasteiger charge is -2.02. The van der Waals surface area contributed by atoms with Crippen molar-refractivity contribution in [2.75, 3.05) is 11.9 Å². The molecule has 20 heavy (non-hydrogen) atoms. The van der Waals surface area contributed by atoms with Crippen LogP contribution < -0.4 is 5.32 Å². The lowest BCUT2D eigenvalue weighted by atomic mass is 10.3. The third kappa shape index (κ3) is 2.79. The molecule has 0 aliphatic rings. The summed E-state index contributed by atoms with van der Waals surface area (Å²) >= 11 is 0. The quantitative estimate of drug-likeness (QED) is 0.697. The van der Waals surface area contributed by atoms with E-state index in [4.69, 9.17) is 0 Å². The standard InChI is InChI=1S/C14H18N6/c1-12-5-4-9-20-13(12)17-14(18-20)16-6-2-3-8-19-10-7-15-11-19/h4-5,7,9-11H,2-3,6,8H2,1H3,(H,16,18). The molecule has 0 unspecified atom stereocenters. The largest absolute Gasteiger partial charge is 0.353 e. The highest BCUT2D eigenvalue weighted by atomic mass is 15.3. The molecule has 1 N–H and O–H groups in total. The Balaban J connectivity index is 1.49. The topological polar surface area (TPSA) is 60.0 Å². The fourth-order valence-corrected chi connectivity index (χ4v) is 2.15. The van der Waals surface area contributed by atoms with Crippen LogP contribution >= 0.6 is 0 Å². The molecule has 104 valence electrons. The summed E-state index contributed by atoms with van der Waals surface area (Å²) in [6.07, 6.45) is 9.74. The van der Waals surface area contributed by atoms with Crippen LogP contribution in [0.1, 0.15) is 18.4 Å². The number of aromatic nitrogens is 5. The highest BCUT2D eigenvalue weighted by Gasteiger charge is 2.04. The lowest BCUT2D eigenvalue weighted by molar-refractivity contribution is 0.620. The smallest absolute Gasteiger partial charge is 0.243 e. The number of aryl methyl sites for hydroxylation is 2. The molecule has 3 rings (SSSR count). The van der Waals surface area contributed by atoms with E-state index in [1.54, 1.807) is 6.20 Å². The van der Waals surface area contributed by atoms with Crippen LogP contribution in [0.25, 0.3) is 5.65 Å². The molecule has 0 radical (unpaired) electrons. The first-order chi connectivity index (χ1) is 9.83. The maximum Gasteiger partial charge on any atom is 0.243 e. The molecule has 0 aliphatic carbocycles. The number of hydrogen-bond acceptors (Lipinski definition) is 4. The normalized spacial score (nSPS) is 11.1. The SMILES string of the molecule is Cc1cccn2nc(NCCCCn3ccnc3)nc12. The van der Waals surface area contributed by atoms with Gasteiger partial charge in [-0.1, -0.05) is 6.07 Å². The molecule has 0 saturated heterocycles. The van der Waals surface area contributed by atoms with Crippen molar-refractivity contribution < 1.29 is 0 Å². The molecule has 0 bridgehead atoms. The molecule has 0 atom stereocenters. The molecule has 3 heterocycles. The molecular formula is C14H18N6. The van der Waals surface area contributed by atoms with Gasteiger partial charge in [-0.15, -0.1) is 5.10 Å². The summed E-state index contributed by atoms with van der Waals surface area (Å²) in [5.41, 5.74) is 2.04. The van der Waals surface area contributed by atoms with Gasteiger partial charge in [0.1, 0.15) is 0 Å². The lowest BCUT2D eigenvalue weighted by Crippen LogP contribution is -2.05. The second kappa shape index (κ2) is 5.73. The van der Waals surface area contributed by atoms with Gasteiger partial charge in [0.15, 0.2) is 5.65 Å². The zero-order chi connectivity index (χ0) is 13.8. The van der Waals surface area contributed by atoms with Gasteiger partial charge in [-0.2, -0.15) is 4.98 Å². The van der Waals surface area contributed by atoms with E-state index in [0.717, 1.165) is 37.1 Å². The second-order valence-corrected chi connectivity index (χ2v) is 4.83. The maximum atomic E-state index is 4.49. The van der Waals surface area contributed by atoms with Crippen molar-refractivity contribution in [3.05, 3.63) is 42.6 Å². The van der Waals surface area contributed by atoms with Gasteiger partial charge < -0.3 is 9.88 Å². The van der Waals surface area contributed by atoms with E-state index < -0.39 is 0 Å². The van der Waals surface area contributed by atoms with Crippen LogP contribution in [0, 0.1) is 6.92 Å². The summed E-state index contributed by atoms with van der Waals surface area (Å²) in [6, 6.07) is 4.02. The number of anilines is 1. The predicted octanol–water partition coefficient (Wildman–Crippen LogP) is 2.13. The van der Waals surface area contributed by atoms with E-state index in [9.17, 15) is 0 Å². The fourth-order valence-electron chi connectivity index (χ4n) is 2.15. The van der Waals surface area contributed by atoms with Crippen LogP contribution in [0.5, 0.6) is 0 Å². The Morgan fingerprint density at radius 2 is 2.20 bits per heavy atom. The van der Waals surface area contributed by atoms with Crippen molar-refractivity contribution in [2.24, 2.45) is 0 Å². The van der Waals surface area contributed by atoms with Gasteiger partial charge in [0.2, 0.25) is 5.95 Å². The number of fused-ring (bicyclic) bond motifs is 1. The number of pyridine rings is 1. The fraction of sp³-hybridized carbons (Fsp3) is 0.357. The zero-order valence-electron chi connectivity index (χ0n) is 11.5. The molecule has 0 aromatic carbocycles. The van der Waals surface area contributed by atoms with E-state index in [2.05, 4.69) is 25.0 Å². The first-order valence-electron chi connectivity index (χ1n) is 6.84. The van der Waals surface area contributed by atoms with Gasteiger partial charge in [0.25, 0.3) is 0 Å². The average molecular weight is 270 g/mol. The van der Waals surface area contributed by atoms with Gasteiger partial charge in [0, 0.05) is 31.7 Å². The minimum absolute atomic E-state index is 0.696. The number of hydrogen-bond donors (Lipinski definition) is 1. The Morgan fingerprint density at radius 3 is 3.00 bits per heavy atom. The highest BCUT2D eigenvalue weighted by Crippen LogP contribution is 2.09. The monoisotopic (exact) mass is 270 g/mol. The molecule has 3 aromatic heterocycles. The van der Waals surface area contributed by atoms with Crippen molar-refractivity contribution in [2.45, 2.75) is 26.3 Å². The minimum Gasteiger partial charge on any atom is -0.353 e. The Morgan fingerprint density at radius 1 is 1.25 bits per heavy atom. The molecule has 6 nitrogen and oxygen atoms in total. The van der Waals surface area contributed by atoms with Crippen molar-refractivity contribution in [3.63, 3.8) is 0 Å². The summed E-state index contributed by atoms with van der Waals surface area (Å²) in [6.45, 7) is 3.92. The number of nitrogens with zero attached hydrogens (tertiary/aromatic N) is 5. The minimum atomic E-state index is 0.696. The van der Waals surface area contributed by atoms with Crippen molar-refractivity contribution in [1.82, 2.24) is 24.1 Å². The number of imidazole rings is 1. The van der Waals surface area contributed by atoms with Crippen LogP contribution in [0.4, 0.5) is 5.95 Å². The van der Waals surface area contributed by atoms with E-state index in [-0.39, 0.29) is 0 Å². The molecular weight excluding hydrogens is 252 g/mol. The Kier molecular flexibility index (Phi) is 3.62. The molecule has 0 saturated carbocycles. The van der Waals surface area contributed by atoms with Crippen molar-refractivity contribution >= 4 is 11.6 Å². The van der Waals surface area contributed by atoms with Gasteiger partial charge in [-0.25, -0.2) is 9.50 Å². The van der Waals surface area contributed by atoms with Crippen LogP contribution in [-0.2, 0) is 6.54 Å². The maximum absolute atomic E-state index is 4.49. The molecule has 0 aliphatic heterocycles. The molecule has 0 amide bonds. The first kappa shape index (κ1) is 12.7. The zero-order valence-corrected chi connectivity index (χ0v) is 11.5. The van der Waals surface area contributed by atoms with Crippen molar-refractivity contribution in [1.29, 1.82) is 0 Å². The van der Waals surface area contributed by atoms with Crippen LogP contribution in [0.2, 0.25) is 0 Å². The van der Waals surface area contributed by atoms with Gasteiger partial charge >= 0.3 is 0 Å². The van der Waals surface area contributed by atoms with E-state index in [0.29, 0.717) is 5.95 Å². The number of unbranched alkanes of at least 4 members (excludes halogenated alkanes) is 1. The molecule has 3 aromatic rings. The van der Waals surface area contributed by atoms with Crippen LogP contribution in [0.3, 0.4) is 0 Å². The molecule has 0 spiro atoms. The summed E-state index contributed by atoms with van der Waals surface area (Å²) < 4.78 is 3.90. The van der Waals surface area contributed by atoms with Crippen LogP contribution in [0.15, 0.2) is 37.1 Å². The third-order valence-corrected chi connectivity index (χ3v) is 3.24. The second-order valence-electron chi connectivity index (χ2n) is 4.83. The Bertz CT molecular complexity index is 670. The van der Waals surface area contributed by atoms with Gasteiger partial charge in [0.05, 0.1) is 6.33 Å². The first-order valence-corrected chi connectivity index (χ1v) is 6.84. The Labute approximate surface area is 117 Å². The number of nitrogens with one attached hydrogen (secondary N) is 1. The summed E-state index contributed by atoms with van der Waals surface area (Å²) in [5, 5.41) is 7.67. The van der Waals surface area contributed by atoms with Gasteiger partial charge in [-0.3, -0.25) is 0 Å². The van der Waals surface area contributed by atoms with E-state index in [1.165, 1.54) is 0 Å². The van der Waals surface area contributed by atoms with Crippen molar-refractivity contribution in [3.8, 4) is 0 Å². The highest BCUT2D eigenvalue weighted by molar-refractivity contribution is 5.49. The average Bonchev–Trinajstić information content (AvgIpc) is 3.08. The number of rotatable bonds is 6. The van der Waals surface area contributed by atoms with Crippen LogP contribution in [-0.4, -0.2) is 30.7 Å². The summed E-state index contributed by atoms with van der Waals surface area (Å²) in [5.74, 6) is 0.696. The molecule has 0 fully saturated rings. The van der Waals surface area contributed by atoms with E-state index in [1.807, 2.05) is 42.3 Å². The van der Waals surface area contributed by atoms with E-state index >= 15 is 0 Å². The predicted molar refractivity (Wildman–Crippen MR) is 77.7 cm³/mol. The summed E-state index contributed by atoms with van der Waals surface area (Å²) in [4.78, 5) is 8.51. The van der Waals surface area contributed by atoms with Gasteiger partial charge in [-0.05, 0) is 31.4 Å². The summed E-state index contributed by atoms with van der Waals surface area (Å²) in [7, 11) is 0. The Hall–Kier alpha value is -2.37. The molecule has 6 heteroatoms. The third-order valence-electron chi connectivity index (χ3n) is 3.24.